The highest BCUT2D eigenvalue weighted by Crippen LogP contribution is 2.24. The van der Waals surface area contributed by atoms with Gasteiger partial charge in [-0.2, -0.15) is 0 Å². The van der Waals surface area contributed by atoms with Gasteiger partial charge in [0, 0.05) is 28.4 Å². The molecule has 3 N–H and O–H groups in total. The fraction of sp³-hybridized carbons (Fsp3) is 0.150. The van der Waals surface area contributed by atoms with E-state index in [0.29, 0.717) is 16.4 Å². The Balaban J connectivity index is 1.36. The number of carbonyl (C=O) groups excluding carboxylic acids is 2. The largest absolute Gasteiger partial charge is 0.335 e. The fourth-order valence-corrected chi connectivity index (χ4v) is 3.32. The van der Waals surface area contributed by atoms with Gasteiger partial charge in [0.1, 0.15) is 16.5 Å². The Morgan fingerprint density at radius 3 is 2.25 bits per heavy atom. The zero-order chi connectivity index (χ0) is 19.5. The number of benzene rings is 2. The first-order chi connectivity index (χ1) is 13.6. The number of amides is 3. The van der Waals surface area contributed by atoms with Crippen molar-refractivity contribution in [3.63, 3.8) is 0 Å². The molecule has 4 rings (SSSR count). The molecule has 0 spiro atoms. The van der Waals surface area contributed by atoms with Gasteiger partial charge in [0.15, 0.2) is 0 Å². The molecule has 28 heavy (non-hydrogen) atoms. The molecular formula is C20H17FN4O2S. The van der Waals surface area contributed by atoms with Crippen molar-refractivity contribution in [3.8, 4) is 10.6 Å². The van der Waals surface area contributed by atoms with Crippen LogP contribution in [0.1, 0.15) is 23.3 Å². The van der Waals surface area contributed by atoms with Crippen molar-refractivity contribution >= 4 is 34.6 Å². The van der Waals surface area contributed by atoms with Gasteiger partial charge in [-0.25, -0.2) is 14.2 Å². The number of halogens is 1. The van der Waals surface area contributed by atoms with Gasteiger partial charge in [0.25, 0.3) is 5.91 Å². The van der Waals surface area contributed by atoms with Crippen molar-refractivity contribution in [3.05, 3.63) is 65.4 Å². The first-order valence-corrected chi connectivity index (χ1v) is 9.65. The van der Waals surface area contributed by atoms with Crippen LogP contribution in [0, 0.1) is 5.82 Å². The zero-order valence-corrected chi connectivity index (χ0v) is 15.6. The number of aromatic nitrogens is 1. The van der Waals surface area contributed by atoms with E-state index in [1.54, 1.807) is 41.8 Å². The molecule has 3 aromatic rings. The van der Waals surface area contributed by atoms with Crippen LogP contribution in [0.3, 0.4) is 0 Å². The molecule has 3 amide bonds. The maximum atomic E-state index is 13.0. The Morgan fingerprint density at radius 1 is 0.964 bits per heavy atom. The molecule has 0 bridgehead atoms. The maximum Gasteiger partial charge on any atom is 0.319 e. The number of anilines is 2. The summed E-state index contributed by atoms with van der Waals surface area (Å²) in [7, 11) is 0. The predicted molar refractivity (Wildman–Crippen MR) is 107 cm³/mol. The van der Waals surface area contributed by atoms with Gasteiger partial charge in [0.05, 0.1) is 0 Å². The summed E-state index contributed by atoms with van der Waals surface area (Å²) < 4.78 is 13.0. The predicted octanol–water partition coefficient (Wildman–Crippen LogP) is 4.49. The number of hydrogen-bond donors (Lipinski definition) is 3. The van der Waals surface area contributed by atoms with Crippen LogP contribution in [0.5, 0.6) is 0 Å². The average molecular weight is 396 g/mol. The second-order valence-corrected chi connectivity index (χ2v) is 7.31. The summed E-state index contributed by atoms with van der Waals surface area (Å²) in [5.74, 6) is -0.655. The summed E-state index contributed by atoms with van der Waals surface area (Å²) in [6.45, 7) is 0. The van der Waals surface area contributed by atoms with Crippen molar-refractivity contribution < 1.29 is 14.0 Å². The lowest BCUT2D eigenvalue weighted by atomic mass is 10.2. The topological polar surface area (TPSA) is 83.1 Å². The number of nitrogens with zero attached hydrogens (tertiary/aromatic N) is 1. The van der Waals surface area contributed by atoms with Gasteiger partial charge in [-0.05, 0) is 61.4 Å². The van der Waals surface area contributed by atoms with E-state index in [0.717, 1.165) is 18.4 Å². The molecule has 0 aliphatic heterocycles. The minimum Gasteiger partial charge on any atom is -0.335 e. The van der Waals surface area contributed by atoms with E-state index in [9.17, 15) is 14.0 Å². The molecule has 0 unspecified atom stereocenters. The average Bonchev–Trinajstić information content (AvgIpc) is 3.35. The molecule has 1 heterocycles. The summed E-state index contributed by atoms with van der Waals surface area (Å²) in [5.41, 5.74) is 2.28. The maximum absolute atomic E-state index is 13.0. The molecule has 1 fully saturated rings. The summed E-state index contributed by atoms with van der Waals surface area (Å²) in [4.78, 5) is 28.4. The van der Waals surface area contributed by atoms with Crippen molar-refractivity contribution in [2.45, 2.75) is 18.9 Å². The molecule has 1 aliphatic rings. The smallest absolute Gasteiger partial charge is 0.319 e. The second-order valence-electron chi connectivity index (χ2n) is 6.45. The van der Waals surface area contributed by atoms with E-state index in [1.807, 2.05) is 0 Å². The van der Waals surface area contributed by atoms with Crippen LogP contribution in [0.15, 0.2) is 53.9 Å². The molecule has 6 nitrogen and oxygen atoms in total. The molecule has 8 heteroatoms. The van der Waals surface area contributed by atoms with E-state index in [1.165, 1.54) is 23.5 Å². The highest BCUT2D eigenvalue weighted by atomic mass is 32.1. The number of carbonyl (C=O) groups is 2. The van der Waals surface area contributed by atoms with Crippen LogP contribution in [0.2, 0.25) is 0 Å². The standard InChI is InChI=1S/C20H17FN4O2S/c21-13-3-1-12(2-4-13)19-25-17(11-28-19)18(26)22-14-5-7-15(8-6-14)23-20(27)24-16-9-10-16/h1-8,11,16H,9-10H2,(H,22,26)(H2,23,24,27). The van der Waals surface area contributed by atoms with E-state index < -0.39 is 0 Å². The summed E-state index contributed by atoms with van der Waals surface area (Å²) in [6.07, 6.45) is 2.05. The monoisotopic (exact) mass is 396 g/mol. The minimum atomic E-state index is -0.336. The van der Waals surface area contributed by atoms with Crippen LogP contribution in [0.25, 0.3) is 10.6 Å². The van der Waals surface area contributed by atoms with E-state index in [4.69, 9.17) is 0 Å². The summed E-state index contributed by atoms with van der Waals surface area (Å²) in [5, 5.41) is 10.7. The number of nitrogens with one attached hydrogen (secondary N) is 3. The minimum absolute atomic E-state index is 0.227. The van der Waals surface area contributed by atoms with Crippen LogP contribution in [-0.4, -0.2) is 23.0 Å². The second kappa shape index (κ2) is 7.77. The highest BCUT2D eigenvalue weighted by Gasteiger charge is 2.23. The summed E-state index contributed by atoms with van der Waals surface area (Å²) in [6, 6.07) is 12.9. The third-order valence-corrected chi connectivity index (χ3v) is 5.03. The third-order valence-electron chi connectivity index (χ3n) is 4.14. The first-order valence-electron chi connectivity index (χ1n) is 8.77. The van der Waals surface area contributed by atoms with Crippen LogP contribution in [-0.2, 0) is 0 Å². The van der Waals surface area contributed by atoms with Gasteiger partial charge < -0.3 is 16.0 Å². The van der Waals surface area contributed by atoms with Gasteiger partial charge in [0.2, 0.25) is 0 Å². The Labute approximate surface area is 164 Å². The molecule has 0 atom stereocenters. The molecule has 0 radical (unpaired) electrons. The van der Waals surface area contributed by atoms with Crippen molar-refractivity contribution in [2.24, 2.45) is 0 Å². The Bertz CT molecular complexity index is 998. The van der Waals surface area contributed by atoms with Gasteiger partial charge in [-0.3, -0.25) is 4.79 Å². The number of hydrogen-bond acceptors (Lipinski definition) is 4. The van der Waals surface area contributed by atoms with Crippen molar-refractivity contribution in [2.75, 3.05) is 10.6 Å². The summed E-state index contributed by atoms with van der Waals surface area (Å²) >= 11 is 1.32. The molecule has 0 saturated heterocycles. The fourth-order valence-electron chi connectivity index (χ4n) is 2.52. The Kier molecular flexibility index (Phi) is 5.03. The van der Waals surface area contributed by atoms with Gasteiger partial charge >= 0.3 is 6.03 Å². The number of thiazole rings is 1. The van der Waals surface area contributed by atoms with Crippen LogP contribution in [0.4, 0.5) is 20.6 Å². The SMILES string of the molecule is O=C(Nc1ccc(NC(=O)c2csc(-c3ccc(F)cc3)n2)cc1)NC1CC1. The quantitative estimate of drug-likeness (QED) is 0.594. The van der Waals surface area contributed by atoms with Crippen LogP contribution >= 0.6 is 11.3 Å². The normalized spacial score (nSPS) is 13.0. The Morgan fingerprint density at radius 2 is 1.61 bits per heavy atom. The molecule has 142 valence electrons. The molecule has 1 saturated carbocycles. The first kappa shape index (κ1) is 18.1. The zero-order valence-electron chi connectivity index (χ0n) is 14.7. The van der Waals surface area contributed by atoms with Gasteiger partial charge in [-0.1, -0.05) is 0 Å². The van der Waals surface area contributed by atoms with E-state index in [-0.39, 0.29) is 29.5 Å². The van der Waals surface area contributed by atoms with E-state index in [2.05, 4.69) is 20.9 Å². The molecule has 1 aromatic heterocycles. The Hall–Kier alpha value is -3.26. The highest BCUT2D eigenvalue weighted by molar-refractivity contribution is 7.13. The van der Waals surface area contributed by atoms with Crippen LogP contribution < -0.4 is 16.0 Å². The van der Waals surface area contributed by atoms with Gasteiger partial charge in [-0.15, -0.1) is 11.3 Å². The molecule has 1 aliphatic carbocycles. The van der Waals surface area contributed by atoms with E-state index >= 15 is 0 Å². The molecular weight excluding hydrogens is 379 g/mol. The van der Waals surface area contributed by atoms with Crippen molar-refractivity contribution in [1.82, 2.24) is 10.3 Å². The number of rotatable bonds is 5. The lowest BCUT2D eigenvalue weighted by Gasteiger charge is -2.08. The third kappa shape index (κ3) is 4.52. The lowest BCUT2D eigenvalue weighted by Crippen LogP contribution is -2.30. The lowest BCUT2D eigenvalue weighted by molar-refractivity contribution is 0.102. The molecule has 2 aromatic carbocycles. The van der Waals surface area contributed by atoms with Crippen molar-refractivity contribution in [1.29, 1.82) is 0 Å². The number of urea groups is 1.